The first-order chi connectivity index (χ1) is 9.22. The summed E-state index contributed by atoms with van der Waals surface area (Å²) in [5.41, 5.74) is 5.77. The number of carbonyl (C=O) groups excluding carboxylic acids is 1. The lowest BCUT2D eigenvalue weighted by atomic mass is 9.78. The van der Waals surface area contributed by atoms with Crippen molar-refractivity contribution >= 4 is 5.91 Å². The summed E-state index contributed by atoms with van der Waals surface area (Å²) >= 11 is 0. The number of hydrogen-bond donors (Lipinski definition) is 3. The zero-order valence-corrected chi connectivity index (χ0v) is 11.8. The third-order valence-corrected chi connectivity index (χ3v) is 4.96. The molecule has 0 bridgehead atoms. The van der Waals surface area contributed by atoms with E-state index < -0.39 is 0 Å². The van der Waals surface area contributed by atoms with Gasteiger partial charge < -0.3 is 16.2 Å². The first kappa shape index (κ1) is 14.8. The molecule has 2 saturated carbocycles. The van der Waals surface area contributed by atoms with Crippen molar-refractivity contribution < 1.29 is 9.90 Å². The SMILES string of the molecule is NCC1CCCCC1C(=O)NCC1CCCCC1O. The van der Waals surface area contributed by atoms with Gasteiger partial charge in [0.25, 0.3) is 0 Å². The minimum Gasteiger partial charge on any atom is -0.393 e. The lowest BCUT2D eigenvalue weighted by Gasteiger charge is -2.31. The van der Waals surface area contributed by atoms with Crippen LogP contribution in [0, 0.1) is 17.8 Å². The maximum Gasteiger partial charge on any atom is 0.223 e. The molecule has 0 spiro atoms. The van der Waals surface area contributed by atoms with E-state index in [-0.39, 0.29) is 23.8 Å². The average Bonchev–Trinajstić information content (AvgIpc) is 2.46. The third-order valence-electron chi connectivity index (χ3n) is 4.96. The molecule has 110 valence electrons. The van der Waals surface area contributed by atoms with Crippen molar-refractivity contribution in [2.24, 2.45) is 23.5 Å². The zero-order chi connectivity index (χ0) is 13.7. The summed E-state index contributed by atoms with van der Waals surface area (Å²) in [5, 5.41) is 13.0. The molecular formula is C15H28N2O2. The van der Waals surface area contributed by atoms with Crippen LogP contribution in [-0.4, -0.2) is 30.2 Å². The fourth-order valence-electron chi connectivity index (χ4n) is 3.62. The van der Waals surface area contributed by atoms with Gasteiger partial charge in [-0.15, -0.1) is 0 Å². The lowest BCUT2D eigenvalue weighted by molar-refractivity contribution is -0.128. The van der Waals surface area contributed by atoms with Crippen LogP contribution in [0.15, 0.2) is 0 Å². The molecule has 0 aromatic rings. The molecule has 4 atom stereocenters. The van der Waals surface area contributed by atoms with Gasteiger partial charge in [0, 0.05) is 18.4 Å². The highest BCUT2D eigenvalue weighted by Gasteiger charge is 2.31. The molecule has 2 fully saturated rings. The van der Waals surface area contributed by atoms with Gasteiger partial charge in [0.05, 0.1) is 6.10 Å². The van der Waals surface area contributed by atoms with Crippen molar-refractivity contribution in [3.8, 4) is 0 Å². The van der Waals surface area contributed by atoms with E-state index in [0.717, 1.165) is 38.5 Å². The topological polar surface area (TPSA) is 75.4 Å². The largest absolute Gasteiger partial charge is 0.393 e. The van der Waals surface area contributed by atoms with Crippen molar-refractivity contribution in [2.75, 3.05) is 13.1 Å². The summed E-state index contributed by atoms with van der Waals surface area (Å²) in [6.45, 7) is 1.25. The Kier molecular flexibility index (Phi) is 5.64. The van der Waals surface area contributed by atoms with Crippen LogP contribution in [0.5, 0.6) is 0 Å². The minimum absolute atomic E-state index is 0.0967. The molecule has 0 saturated heterocycles. The van der Waals surface area contributed by atoms with Crippen molar-refractivity contribution in [3.05, 3.63) is 0 Å². The monoisotopic (exact) mass is 268 g/mol. The Morgan fingerprint density at radius 3 is 2.37 bits per heavy atom. The van der Waals surface area contributed by atoms with Crippen LogP contribution in [0.1, 0.15) is 51.4 Å². The van der Waals surface area contributed by atoms with Gasteiger partial charge in [-0.1, -0.05) is 25.7 Å². The van der Waals surface area contributed by atoms with Gasteiger partial charge in [0.15, 0.2) is 0 Å². The summed E-state index contributed by atoms with van der Waals surface area (Å²) in [6, 6.07) is 0. The van der Waals surface area contributed by atoms with E-state index in [1.807, 2.05) is 0 Å². The summed E-state index contributed by atoms with van der Waals surface area (Å²) in [6.07, 6.45) is 8.37. The van der Waals surface area contributed by atoms with E-state index in [1.165, 1.54) is 12.8 Å². The fraction of sp³-hybridized carbons (Fsp3) is 0.933. The Morgan fingerprint density at radius 2 is 1.68 bits per heavy atom. The third kappa shape index (κ3) is 3.93. The second-order valence-electron chi connectivity index (χ2n) is 6.24. The van der Waals surface area contributed by atoms with Crippen LogP contribution >= 0.6 is 0 Å². The second-order valence-corrected chi connectivity index (χ2v) is 6.24. The Bertz CT molecular complexity index is 296. The van der Waals surface area contributed by atoms with Crippen molar-refractivity contribution in [3.63, 3.8) is 0 Å². The zero-order valence-electron chi connectivity index (χ0n) is 11.8. The summed E-state index contributed by atoms with van der Waals surface area (Å²) in [7, 11) is 0. The molecule has 0 radical (unpaired) electrons. The summed E-state index contributed by atoms with van der Waals surface area (Å²) < 4.78 is 0. The van der Waals surface area contributed by atoms with E-state index in [1.54, 1.807) is 0 Å². The average molecular weight is 268 g/mol. The van der Waals surface area contributed by atoms with E-state index in [0.29, 0.717) is 19.0 Å². The molecule has 1 amide bonds. The van der Waals surface area contributed by atoms with Gasteiger partial charge in [-0.3, -0.25) is 4.79 Å². The number of carbonyl (C=O) groups is 1. The smallest absolute Gasteiger partial charge is 0.223 e. The highest BCUT2D eigenvalue weighted by Crippen LogP contribution is 2.30. The molecule has 2 aliphatic carbocycles. The van der Waals surface area contributed by atoms with Crippen LogP contribution < -0.4 is 11.1 Å². The van der Waals surface area contributed by atoms with Crippen molar-refractivity contribution in [1.29, 1.82) is 0 Å². The van der Waals surface area contributed by atoms with Gasteiger partial charge in [0.2, 0.25) is 5.91 Å². The number of aliphatic hydroxyl groups is 1. The number of aliphatic hydroxyl groups excluding tert-OH is 1. The predicted octanol–water partition coefficient (Wildman–Crippen LogP) is 1.42. The Labute approximate surface area is 116 Å². The van der Waals surface area contributed by atoms with E-state index in [4.69, 9.17) is 5.73 Å². The van der Waals surface area contributed by atoms with Crippen molar-refractivity contribution in [1.82, 2.24) is 5.32 Å². The molecule has 0 aromatic carbocycles. The Hall–Kier alpha value is -0.610. The second kappa shape index (κ2) is 7.25. The molecule has 4 N–H and O–H groups in total. The number of nitrogens with two attached hydrogens (primary N) is 1. The molecule has 0 heterocycles. The number of amides is 1. The molecule has 4 heteroatoms. The highest BCUT2D eigenvalue weighted by molar-refractivity contribution is 5.79. The van der Waals surface area contributed by atoms with E-state index >= 15 is 0 Å². The van der Waals surface area contributed by atoms with Gasteiger partial charge in [0.1, 0.15) is 0 Å². The van der Waals surface area contributed by atoms with Crippen molar-refractivity contribution in [2.45, 2.75) is 57.5 Å². The van der Waals surface area contributed by atoms with E-state index in [2.05, 4.69) is 5.32 Å². The molecule has 2 rings (SSSR count). The summed E-state index contributed by atoms with van der Waals surface area (Å²) in [4.78, 5) is 12.3. The van der Waals surface area contributed by atoms with Crippen LogP contribution in [-0.2, 0) is 4.79 Å². The van der Waals surface area contributed by atoms with Gasteiger partial charge in [-0.2, -0.15) is 0 Å². The maximum atomic E-state index is 12.3. The van der Waals surface area contributed by atoms with Crippen LogP contribution in [0.4, 0.5) is 0 Å². The molecular weight excluding hydrogens is 240 g/mol. The molecule has 4 nitrogen and oxygen atoms in total. The Morgan fingerprint density at radius 1 is 1.05 bits per heavy atom. The molecule has 0 aliphatic heterocycles. The molecule has 4 unspecified atom stereocenters. The molecule has 2 aliphatic rings. The van der Waals surface area contributed by atoms with Gasteiger partial charge in [-0.25, -0.2) is 0 Å². The van der Waals surface area contributed by atoms with Crippen LogP contribution in [0.2, 0.25) is 0 Å². The van der Waals surface area contributed by atoms with E-state index in [9.17, 15) is 9.90 Å². The summed E-state index contributed by atoms with van der Waals surface area (Å²) in [5.74, 6) is 0.857. The maximum absolute atomic E-state index is 12.3. The van der Waals surface area contributed by atoms with Gasteiger partial charge in [-0.05, 0) is 38.1 Å². The van der Waals surface area contributed by atoms with Crippen LogP contribution in [0.25, 0.3) is 0 Å². The fourth-order valence-corrected chi connectivity index (χ4v) is 3.62. The Balaban J connectivity index is 1.79. The van der Waals surface area contributed by atoms with Crippen LogP contribution in [0.3, 0.4) is 0 Å². The normalized spacial score (nSPS) is 35.9. The minimum atomic E-state index is -0.231. The number of rotatable bonds is 4. The quantitative estimate of drug-likeness (QED) is 0.722. The molecule has 0 aromatic heterocycles. The number of nitrogens with one attached hydrogen (secondary N) is 1. The number of hydrogen-bond acceptors (Lipinski definition) is 3. The lowest BCUT2D eigenvalue weighted by Crippen LogP contribution is -2.43. The molecule has 19 heavy (non-hydrogen) atoms. The predicted molar refractivity (Wildman–Crippen MR) is 75.5 cm³/mol. The highest BCUT2D eigenvalue weighted by atomic mass is 16.3. The van der Waals surface area contributed by atoms with Gasteiger partial charge >= 0.3 is 0 Å². The first-order valence-corrected chi connectivity index (χ1v) is 7.88. The first-order valence-electron chi connectivity index (χ1n) is 7.88. The standard InChI is InChI=1S/C15H28N2O2/c16-9-11-5-1-3-7-13(11)15(19)17-10-12-6-2-4-8-14(12)18/h11-14,18H,1-10,16H2,(H,17,19).